The van der Waals surface area contributed by atoms with Crippen LogP contribution in [-0.2, 0) is 13.1 Å². The van der Waals surface area contributed by atoms with Crippen molar-refractivity contribution in [1.29, 1.82) is 0 Å². The summed E-state index contributed by atoms with van der Waals surface area (Å²) in [6.07, 6.45) is 3.72. The molecule has 0 aliphatic rings. The number of thioether (sulfide) groups is 1. The molecule has 0 saturated carbocycles. The summed E-state index contributed by atoms with van der Waals surface area (Å²) in [6.45, 7) is 7.28. The van der Waals surface area contributed by atoms with E-state index in [1.807, 2.05) is 48.4 Å². The molecule has 0 aliphatic carbocycles. The average molecular weight is 301 g/mol. The molecular formula is C17H23N3S. The molecule has 0 aliphatic heterocycles. The fourth-order valence-electron chi connectivity index (χ4n) is 2.07. The predicted molar refractivity (Wildman–Crippen MR) is 90.2 cm³/mol. The van der Waals surface area contributed by atoms with Crippen LogP contribution in [0.15, 0.2) is 48.8 Å². The lowest BCUT2D eigenvalue weighted by Crippen LogP contribution is -2.26. The van der Waals surface area contributed by atoms with E-state index in [1.165, 1.54) is 0 Å². The van der Waals surface area contributed by atoms with E-state index in [2.05, 4.69) is 40.8 Å². The molecule has 0 amide bonds. The molecule has 112 valence electrons. The van der Waals surface area contributed by atoms with Crippen molar-refractivity contribution in [2.45, 2.75) is 32.2 Å². The largest absolute Gasteiger partial charge is 0.291 e. The first kappa shape index (κ1) is 16.0. The Labute approximate surface area is 131 Å². The van der Waals surface area contributed by atoms with E-state index in [0.29, 0.717) is 5.25 Å². The molecule has 0 aromatic carbocycles. The third kappa shape index (κ3) is 6.27. The molecule has 21 heavy (non-hydrogen) atoms. The Balaban J connectivity index is 1.96. The van der Waals surface area contributed by atoms with Crippen molar-refractivity contribution in [2.24, 2.45) is 0 Å². The fraction of sp³-hybridized carbons (Fsp3) is 0.412. The van der Waals surface area contributed by atoms with Crippen LogP contribution < -0.4 is 0 Å². The maximum absolute atomic E-state index is 4.43. The number of hydrogen-bond acceptors (Lipinski definition) is 4. The van der Waals surface area contributed by atoms with Crippen LogP contribution in [0.5, 0.6) is 0 Å². The summed E-state index contributed by atoms with van der Waals surface area (Å²) in [5, 5.41) is 0.677. The molecule has 0 unspecified atom stereocenters. The van der Waals surface area contributed by atoms with Crippen LogP contribution in [0.1, 0.15) is 25.2 Å². The standard InChI is InChI=1S/C17H23N3S/c1-15(2)21-12-11-20(13-16-7-3-5-9-18-16)14-17-8-4-6-10-19-17/h3-10,15H,11-14H2,1-2H3. The quantitative estimate of drug-likeness (QED) is 0.744. The van der Waals surface area contributed by atoms with Gasteiger partial charge < -0.3 is 0 Å². The van der Waals surface area contributed by atoms with E-state index in [0.717, 1.165) is 36.8 Å². The summed E-state index contributed by atoms with van der Waals surface area (Å²) >= 11 is 2.00. The van der Waals surface area contributed by atoms with Gasteiger partial charge in [0.15, 0.2) is 0 Å². The molecule has 0 saturated heterocycles. The average Bonchev–Trinajstić information content (AvgIpc) is 2.49. The lowest BCUT2D eigenvalue weighted by Gasteiger charge is -2.22. The number of nitrogens with zero attached hydrogens (tertiary/aromatic N) is 3. The summed E-state index contributed by atoms with van der Waals surface area (Å²) in [5.74, 6) is 1.14. The number of aromatic nitrogens is 2. The lowest BCUT2D eigenvalue weighted by molar-refractivity contribution is 0.267. The predicted octanol–water partition coefficient (Wildman–Crippen LogP) is 3.62. The molecule has 0 fully saturated rings. The highest BCUT2D eigenvalue weighted by molar-refractivity contribution is 7.99. The van der Waals surface area contributed by atoms with E-state index < -0.39 is 0 Å². The molecule has 3 nitrogen and oxygen atoms in total. The highest BCUT2D eigenvalue weighted by Gasteiger charge is 2.09. The third-order valence-electron chi connectivity index (χ3n) is 3.08. The molecule has 2 heterocycles. The molecule has 0 bridgehead atoms. The second-order valence-electron chi connectivity index (χ2n) is 5.27. The molecule has 2 aromatic rings. The van der Waals surface area contributed by atoms with E-state index >= 15 is 0 Å². The van der Waals surface area contributed by atoms with Gasteiger partial charge in [-0.05, 0) is 29.5 Å². The van der Waals surface area contributed by atoms with Gasteiger partial charge in [0.05, 0.1) is 11.4 Å². The van der Waals surface area contributed by atoms with Crippen LogP contribution in [0.25, 0.3) is 0 Å². The molecule has 0 radical (unpaired) electrons. The second-order valence-corrected chi connectivity index (χ2v) is 6.96. The Hall–Kier alpha value is -1.39. The van der Waals surface area contributed by atoms with Crippen LogP contribution in [0.3, 0.4) is 0 Å². The van der Waals surface area contributed by atoms with Gasteiger partial charge in [-0.25, -0.2) is 0 Å². The van der Waals surface area contributed by atoms with Gasteiger partial charge in [-0.2, -0.15) is 11.8 Å². The van der Waals surface area contributed by atoms with Crippen molar-refractivity contribution < 1.29 is 0 Å². The van der Waals surface area contributed by atoms with Crippen molar-refractivity contribution in [3.8, 4) is 0 Å². The highest BCUT2D eigenvalue weighted by Crippen LogP contribution is 2.12. The third-order valence-corrected chi connectivity index (χ3v) is 4.17. The van der Waals surface area contributed by atoms with Crippen LogP contribution in [-0.4, -0.2) is 32.4 Å². The first-order chi connectivity index (χ1) is 10.2. The van der Waals surface area contributed by atoms with Gasteiger partial charge in [0.25, 0.3) is 0 Å². The van der Waals surface area contributed by atoms with Crippen molar-refractivity contribution >= 4 is 11.8 Å². The van der Waals surface area contributed by atoms with Gasteiger partial charge in [-0.1, -0.05) is 26.0 Å². The van der Waals surface area contributed by atoms with E-state index in [1.54, 1.807) is 0 Å². The van der Waals surface area contributed by atoms with Crippen molar-refractivity contribution in [1.82, 2.24) is 14.9 Å². The van der Waals surface area contributed by atoms with Crippen LogP contribution >= 0.6 is 11.8 Å². The minimum atomic E-state index is 0.677. The Morgan fingerprint density at radius 2 is 1.52 bits per heavy atom. The van der Waals surface area contributed by atoms with E-state index in [4.69, 9.17) is 0 Å². The molecule has 0 spiro atoms. The van der Waals surface area contributed by atoms with Crippen LogP contribution in [0, 0.1) is 0 Å². The monoisotopic (exact) mass is 301 g/mol. The molecule has 0 atom stereocenters. The minimum absolute atomic E-state index is 0.677. The first-order valence-corrected chi connectivity index (χ1v) is 8.42. The molecular weight excluding hydrogens is 278 g/mol. The van der Waals surface area contributed by atoms with Gasteiger partial charge in [0.2, 0.25) is 0 Å². The molecule has 2 aromatic heterocycles. The van der Waals surface area contributed by atoms with Crippen molar-refractivity contribution in [3.05, 3.63) is 60.2 Å². The second kappa shape index (κ2) is 8.80. The fourth-order valence-corrected chi connectivity index (χ4v) is 2.91. The lowest BCUT2D eigenvalue weighted by atomic mass is 10.3. The summed E-state index contributed by atoms with van der Waals surface area (Å²) in [7, 11) is 0. The number of rotatable bonds is 8. The Morgan fingerprint density at radius 3 is 1.95 bits per heavy atom. The molecule has 0 N–H and O–H groups in total. The maximum Gasteiger partial charge on any atom is 0.0544 e. The maximum atomic E-state index is 4.43. The zero-order chi connectivity index (χ0) is 14.9. The van der Waals surface area contributed by atoms with E-state index in [9.17, 15) is 0 Å². The molecule has 2 rings (SSSR count). The SMILES string of the molecule is CC(C)SCCN(Cc1ccccn1)Cc1ccccn1. The summed E-state index contributed by atoms with van der Waals surface area (Å²) < 4.78 is 0. The number of hydrogen-bond donors (Lipinski definition) is 0. The highest BCUT2D eigenvalue weighted by atomic mass is 32.2. The minimum Gasteiger partial charge on any atom is -0.291 e. The topological polar surface area (TPSA) is 29.0 Å². The normalized spacial score (nSPS) is 11.2. The zero-order valence-electron chi connectivity index (χ0n) is 12.8. The summed E-state index contributed by atoms with van der Waals surface area (Å²) in [6, 6.07) is 12.2. The zero-order valence-corrected chi connectivity index (χ0v) is 13.6. The first-order valence-electron chi connectivity index (χ1n) is 7.38. The van der Waals surface area contributed by atoms with Crippen LogP contribution in [0.2, 0.25) is 0 Å². The Kier molecular flexibility index (Phi) is 6.70. The Morgan fingerprint density at radius 1 is 0.952 bits per heavy atom. The Bertz CT molecular complexity index is 460. The van der Waals surface area contributed by atoms with Gasteiger partial charge in [-0.15, -0.1) is 0 Å². The van der Waals surface area contributed by atoms with Gasteiger partial charge in [0, 0.05) is 37.8 Å². The van der Waals surface area contributed by atoms with E-state index in [-0.39, 0.29) is 0 Å². The smallest absolute Gasteiger partial charge is 0.0544 e. The summed E-state index contributed by atoms with van der Waals surface area (Å²) in [4.78, 5) is 11.3. The molecule has 4 heteroatoms. The van der Waals surface area contributed by atoms with Crippen molar-refractivity contribution in [2.75, 3.05) is 12.3 Å². The van der Waals surface area contributed by atoms with Gasteiger partial charge >= 0.3 is 0 Å². The van der Waals surface area contributed by atoms with Gasteiger partial charge in [0.1, 0.15) is 0 Å². The van der Waals surface area contributed by atoms with Crippen LogP contribution in [0.4, 0.5) is 0 Å². The van der Waals surface area contributed by atoms with Gasteiger partial charge in [-0.3, -0.25) is 14.9 Å². The van der Waals surface area contributed by atoms with Crippen molar-refractivity contribution in [3.63, 3.8) is 0 Å². The summed E-state index contributed by atoms with van der Waals surface area (Å²) in [5.41, 5.74) is 2.23. The number of pyridine rings is 2.